The Bertz CT molecular complexity index is 918. The minimum atomic E-state index is -0.411. The summed E-state index contributed by atoms with van der Waals surface area (Å²) in [5.74, 6) is 0.190. The van der Waals surface area contributed by atoms with Crippen LogP contribution in [0, 0.1) is 0 Å². The maximum Gasteiger partial charge on any atom is 0.280 e. The number of rotatable bonds is 4. The molecular weight excluding hydrogens is 294 g/mol. The first-order valence-electron chi connectivity index (χ1n) is 7.19. The van der Waals surface area contributed by atoms with Crippen LogP contribution in [-0.2, 0) is 0 Å². The maximum absolute atomic E-state index is 12.3. The molecule has 6 heteroatoms. The van der Waals surface area contributed by atoms with Crippen LogP contribution in [0.25, 0.3) is 10.9 Å². The first-order chi connectivity index (χ1) is 11.2. The van der Waals surface area contributed by atoms with Crippen molar-refractivity contribution in [1.82, 2.24) is 9.66 Å². The molecule has 1 N–H and O–H groups in total. The topological polar surface area (TPSA) is 73.2 Å². The first kappa shape index (κ1) is 14.8. The van der Waals surface area contributed by atoms with Gasteiger partial charge in [-0.15, -0.1) is 0 Å². The Morgan fingerprint density at radius 3 is 2.87 bits per heavy atom. The predicted molar refractivity (Wildman–Crippen MR) is 87.3 cm³/mol. The van der Waals surface area contributed by atoms with Crippen LogP contribution in [0.4, 0.5) is 0 Å². The van der Waals surface area contributed by atoms with Crippen LogP contribution in [0.5, 0.6) is 5.75 Å². The predicted octanol–water partition coefficient (Wildman–Crippen LogP) is 2.18. The number of hydrogen-bond acceptors (Lipinski definition) is 4. The highest BCUT2D eigenvalue weighted by Crippen LogP contribution is 2.13. The van der Waals surface area contributed by atoms with Crippen molar-refractivity contribution in [3.63, 3.8) is 0 Å². The summed E-state index contributed by atoms with van der Waals surface area (Å²) in [6.45, 7) is 2.38. The van der Waals surface area contributed by atoms with Gasteiger partial charge < -0.3 is 4.74 Å². The van der Waals surface area contributed by atoms with Crippen LogP contribution >= 0.6 is 0 Å². The molecule has 1 amide bonds. The van der Waals surface area contributed by atoms with Gasteiger partial charge in [0.05, 0.1) is 17.5 Å². The molecule has 23 heavy (non-hydrogen) atoms. The van der Waals surface area contributed by atoms with E-state index < -0.39 is 5.91 Å². The van der Waals surface area contributed by atoms with E-state index in [2.05, 4.69) is 10.4 Å². The molecular formula is C17H15N3O3. The maximum atomic E-state index is 12.3. The highest BCUT2D eigenvalue weighted by Gasteiger charge is 2.10. The highest BCUT2D eigenvalue weighted by atomic mass is 16.5. The molecule has 116 valence electrons. The molecule has 1 aromatic heterocycles. The van der Waals surface area contributed by atoms with Crippen molar-refractivity contribution in [2.24, 2.45) is 0 Å². The van der Waals surface area contributed by atoms with Gasteiger partial charge in [-0.3, -0.25) is 15.0 Å². The van der Waals surface area contributed by atoms with Crippen LogP contribution in [0.3, 0.4) is 0 Å². The molecule has 0 saturated carbocycles. The minimum Gasteiger partial charge on any atom is -0.494 e. The third kappa shape index (κ3) is 3.06. The zero-order valence-electron chi connectivity index (χ0n) is 12.5. The van der Waals surface area contributed by atoms with E-state index in [1.54, 1.807) is 48.5 Å². The summed E-state index contributed by atoms with van der Waals surface area (Å²) in [5, 5.41) is 0.443. The second-order valence-electron chi connectivity index (χ2n) is 4.84. The number of aromatic nitrogens is 2. The number of nitrogens with zero attached hydrogens (tertiary/aromatic N) is 2. The quantitative estimate of drug-likeness (QED) is 0.801. The van der Waals surface area contributed by atoms with Crippen molar-refractivity contribution in [3.05, 3.63) is 70.8 Å². The van der Waals surface area contributed by atoms with Crippen LogP contribution in [0.15, 0.2) is 59.7 Å². The molecule has 0 radical (unpaired) electrons. The van der Waals surface area contributed by atoms with E-state index in [9.17, 15) is 9.59 Å². The fourth-order valence-electron chi connectivity index (χ4n) is 2.22. The lowest BCUT2D eigenvalue weighted by molar-refractivity contribution is 0.101. The number of amides is 1. The van der Waals surface area contributed by atoms with Crippen molar-refractivity contribution < 1.29 is 9.53 Å². The van der Waals surface area contributed by atoms with Gasteiger partial charge in [0.1, 0.15) is 12.1 Å². The van der Waals surface area contributed by atoms with E-state index in [1.165, 1.54) is 6.33 Å². The Morgan fingerprint density at radius 2 is 2.04 bits per heavy atom. The van der Waals surface area contributed by atoms with Gasteiger partial charge in [0.25, 0.3) is 11.5 Å². The lowest BCUT2D eigenvalue weighted by Crippen LogP contribution is -2.33. The minimum absolute atomic E-state index is 0.329. The summed E-state index contributed by atoms with van der Waals surface area (Å²) in [5.41, 5.74) is 3.19. The van der Waals surface area contributed by atoms with Crippen molar-refractivity contribution in [2.45, 2.75) is 6.92 Å². The SMILES string of the molecule is CCOc1cccc(C(=O)Nn2cnc3ccccc3c2=O)c1. The average molecular weight is 309 g/mol. The Kier molecular flexibility index (Phi) is 4.05. The van der Waals surface area contributed by atoms with Gasteiger partial charge >= 0.3 is 0 Å². The lowest BCUT2D eigenvalue weighted by Gasteiger charge is -2.09. The van der Waals surface area contributed by atoms with Gasteiger partial charge in [0.15, 0.2) is 0 Å². The molecule has 0 fully saturated rings. The normalized spacial score (nSPS) is 10.5. The molecule has 0 saturated heterocycles. The van der Waals surface area contributed by atoms with Crippen molar-refractivity contribution in [2.75, 3.05) is 12.0 Å². The van der Waals surface area contributed by atoms with Crippen LogP contribution < -0.4 is 15.7 Å². The standard InChI is InChI=1S/C17H15N3O3/c1-2-23-13-7-5-6-12(10-13)16(21)19-20-11-18-15-9-4-3-8-14(15)17(20)22/h3-11H,2H2,1H3,(H,19,21). The third-order valence-electron chi connectivity index (χ3n) is 3.29. The zero-order chi connectivity index (χ0) is 16.2. The smallest absolute Gasteiger partial charge is 0.280 e. The Balaban J connectivity index is 1.90. The van der Waals surface area contributed by atoms with E-state index in [-0.39, 0.29) is 5.56 Å². The number of fused-ring (bicyclic) bond motifs is 1. The Labute approximate surface area is 132 Å². The van der Waals surface area contributed by atoms with Gasteiger partial charge in [-0.2, -0.15) is 0 Å². The Morgan fingerprint density at radius 1 is 1.22 bits per heavy atom. The monoisotopic (exact) mass is 309 g/mol. The molecule has 0 unspecified atom stereocenters. The largest absolute Gasteiger partial charge is 0.494 e. The molecule has 3 rings (SSSR count). The molecule has 3 aromatic rings. The number of nitrogens with one attached hydrogen (secondary N) is 1. The fraction of sp³-hybridized carbons (Fsp3) is 0.118. The summed E-state index contributed by atoms with van der Waals surface area (Å²) >= 11 is 0. The fourth-order valence-corrected chi connectivity index (χ4v) is 2.22. The molecule has 0 atom stereocenters. The highest BCUT2D eigenvalue weighted by molar-refractivity contribution is 6.00. The molecule has 2 aromatic carbocycles. The third-order valence-corrected chi connectivity index (χ3v) is 3.29. The molecule has 6 nitrogen and oxygen atoms in total. The second kappa shape index (κ2) is 6.31. The van der Waals surface area contributed by atoms with E-state index in [4.69, 9.17) is 4.74 Å². The second-order valence-corrected chi connectivity index (χ2v) is 4.84. The summed E-state index contributed by atoms with van der Waals surface area (Å²) in [6.07, 6.45) is 1.30. The number of benzene rings is 2. The van der Waals surface area contributed by atoms with Gasteiger partial charge in [-0.25, -0.2) is 9.66 Å². The first-order valence-corrected chi connectivity index (χ1v) is 7.19. The van der Waals surface area contributed by atoms with Gasteiger partial charge in [-0.1, -0.05) is 18.2 Å². The number of ether oxygens (including phenoxy) is 1. The molecule has 0 aliphatic carbocycles. The number of para-hydroxylation sites is 1. The van der Waals surface area contributed by atoms with Crippen molar-refractivity contribution in [1.29, 1.82) is 0 Å². The summed E-state index contributed by atoms with van der Waals surface area (Å²) in [7, 11) is 0. The molecule has 0 aliphatic rings. The van der Waals surface area contributed by atoms with Crippen LogP contribution in [-0.4, -0.2) is 22.2 Å². The number of carbonyl (C=O) groups excluding carboxylic acids is 1. The summed E-state index contributed by atoms with van der Waals surface area (Å²) in [4.78, 5) is 28.8. The van der Waals surface area contributed by atoms with E-state index in [1.807, 2.05) is 6.92 Å². The lowest BCUT2D eigenvalue weighted by atomic mass is 10.2. The van der Waals surface area contributed by atoms with Gasteiger partial charge in [0.2, 0.25) is 0 Å². The van der Waals surface area contributed by atoms with E-state index in [0.717, 1.165) is 4.68 Å². The average Bonchev–Trinajstić information content (AvgIpc) is 2.58. The van der Waals surface area contributed by atoms with E-state index >= 15 is 0 Å². The molecule has 0 bridgehead atoms. The van der Waals surface area contributed by atoms with Crippen molar-refractivity contribution >= 4 is 16.8 Å². The van der Waals surface area contributed by atoms with Crippen molar-refractivity contribution in [3.8, 4) is 5.75 Å². The van der Waals surface area contributed by atoms with Crippen LogP contribution in [0.2, 0.25) is 0 Å². The van der Waals surface area contributed by atoms with Gasteiger partial charge in [0, 0.05) is 5.56 Å². The Hall–Kier alpha value is -3.15. The number of carbonyl (C=O) groups is 1. The van der Waals surface area contributed by atoms with Crippen LogP contribution in [0.1, 0.15) is 17.3 Å². The molecule has 0 aliphatic heterocycles. The number of hydrogen-bond donors (Lipinski definition) is 1. The van der Waals surface area contributed by atoms with Gasteiger partial charge in [-0.05, 0) is 37.3 Å². The summed E-state index contributed by atoms with van der Waals surface area (Å²) < 4.78 is 6.45. The summed E-state index contributed by atoms with van der Waals surface area (Å²) in [6, 6.07) is 13.7. The molecule has 1 heterocycles. The molecule has 0 spiro atoms. The zero-order valence-corrected chi connectivity index (χ0v) is 12.5. The van der Waals surface area contributed by atoms with E-state index in [0.29, 0.717) is 28.8 Å².